The van der Waals surface area contributed by atoms with Gasteiger partial charge in [-0.2, -0.15) is 0 Å². The van der Waals surface area contributed by atoms with Gasteiger partial charge in [0.1, 0.15) is 0 Å². The highest BCUT2D eigenvalue weighted by Crippen LogP contribution is 2.20. The van der Waals surface area contributed by atoms with Crippen molar-refractivity contribution < 1.29 is 9.59 Å². The van der Waals surface area contributed by atoms with Crippen LogP contribution in [0.25, 0.3) is 10.9 Å². The minimum absolute atomic E-state index is 0.112. The third kappa shape index (κ3) is 2.47. The van der Waals surface area contributed by atoms with Crippen LogP contribution in [0.5, 0.6) is 0 Å². The van der Waals surface area contributed by atoms with Crippen molar-refractivity contribution >= 4 is 22.7 Å². The lowest BCUT2D eigenvalue weighted by molar-refractivity contribution is -0.136. The summed E-state index contributed by atoms with van der Waals surface area (Å²) in [5.74, 6) is -0.433. The standard InChI is InChI=1S/C15H14N2O2/c18-14-6-5-12(15(19)17-14)8-10-3-4-11-2-1-7-16-13(11)9-10/h1-4,7,9,12H,5-6,8H2,(H,17,18,19). The van der Waals surface area contributed by atoms with E-state index in [1.807, 2.05) is 30.3 Å². The van der Waals surface area contributed by atoms with E-state index in [9.17, 15) is 9.59 Å². The number of hydrogen-bond donors (Lipinski definition) is 1. The number of fused-ring (bicyclic) bond motifs is 1. The van der Waals surface area contributed by atoms with Crippen LogP contribution in [-0.4, -0.2) is 16.8 Å². The summed E-state index contributed by atoms with van der Waals surface area (Å²) in [4.78, 5) is 27.1. The lowest BCUT2D eigenvalue weighted by Gasteiger charge is -2.20. The quantitative estimate of drug-likeness (QED) is 0.832. The molecule has 0 aliphatic carbocycles. The number of piperidine rings is 1. The monoisotopic (exact) mass is 254 g/mol. The molecule has 1 N–H and O–H groups in total. The van der Waals surface area contributed by atoms with Crippen molar-refractivity contribution in [3.63, 3.8) is 0 Å². The van der Waals surface area contributed by atoms with E-state index in [0.29, 0.717) is 19.3 Å². The summed E-state index contributed by atoms with van der Waals surface area (Å²) in [7, 11) is 0. The Bertz CT molecular complexity index is 651. The Morgan fingerprint density at radius 1 is 1.26 bits per heavy atom. The number of nitrogens with one attached hydrogen (secondary N) is 1. The lowest BCUT2D eigenvalue weighted by atomic mass is 9.91. The van der Waals surface area contributed by atoms with E-state index in [-0.39, 0.29) is 17.7 Å². The van der Waals surface area contributed by atoms with Crippen LogP contribution >= 0.6 is 0 Å². The average Bonchev–Trinajstić information content (AvgIpc) is 2.42. The van der Waals surface area contributed by atoms with E-state index < -0.39 is 0 Å². The highest BCUT2D eigenvalue weighted by atomic mass is 16.2. The molecule has 1 fully saturated rings. The molecular weight excluding hydrogens is 240 g/mol. The second-order valence-corrected chi connectivity index (χ2v) is 4.88. The molecule has 0 radical (unpaired) electrons. The highest BCUT2D eigenvalue weighted by molar-refractivity contribution is 5.98. The van der Waals surface area contributed by atoms with Gasteiger partial charge in [-0.05, 0) is 30.5 Å². The molecule has 0 saturated carbocycles. The fourth-order valence-electron chi connectivity index (χ4n) is 2.46. The zero-order chi connectivity index (χ0) is 13.2. The first-order valence-electron chi connectivity index (χ1n) is 6.40. The largest absolute Gasteiger partial charge is 0.296 e. The van der Waals surface area contributed by atoms with Crippen LogP contribution in [-0.2, 0) is 16.0 Å². The summed E-state index contributed by atoms with van der Waals surface area (Å²) in [6.45, 7) is 0. The molecule has 1 aliphatic rings. The predicted molar refractivity (Wildman–Crippen MR) is 71.3 cm³/mol. The van der Waals surface area contributed by atoms with E-state index in [4.69, 9.17) is 0 Å². The number of pyridine rings is 1. The van der Waals surface area contributed by atoms with Gasteiger partial charge in [-0.15, -0.1) is 0 Å². The first-order valence-corrected chi connectivity index (χ1v) is 6.40. The average molecular weight is 254 g/mol. The van der Waals surface area contributed by atoms with Gasteiger partial charge in [-0.1, -0.05) is 18.2 Å². The van der Waals surface area contributed by atoms with Crippen LogP contribution in [0.15, 0.2) is 36.5 Å². The van der Waals surface area contributed by atoms with Crippen LogP contribution in [0.3, 0.4) is 0 Å². The van der Waals surface area contributed by atoms with Crippen molar-refractivity contribution in [2.45, 2.75) is 19.3 Å². The van der Waals surface area contributed by atoms with Gasteiger partial charge in [-0.3, -0.25) is 19.9 Å². The van der Waals surface area contributed by atoms with E-state index in [1.54, 1.807) is 6.20 Å². The molecule has 4 heteroatoms. The number of hydrogen-bond acceptors (Lipinski definition) is 3. The molecule has 3 rings (SSSR count). The molecule has 96 valence electrons. The van der Waals surface area contributed by atoms with Crippen molar-refractivity contribution in [3.8, 4) is 0 Å². The maximum atomic E-state index is 11.7. The van der Waals surface area contributed by atoms with Crippen molar-refractivity contribution in [3.05, 3.63) is 42.1 Å². The van der Waals surface area contributed by atoms with Crippen LogP contribution in [0.1, 0.15) is 18.4 Å². The van der Waals surface area contributed by atoms with Gasteiger partial charge in [0.15, 0.2) is 0 Å². The van der Waals surface area contributed by atoms with Gasteiger partial charge < -0.3 is 0 Å². The number of carbonyl (C=O) groups is 2. The molecule has 1 aromatic carbocycles. The minimum atomic E-state index is -0.165. The van der Waals surface area contributed by atoms with Gasteiger partial charge in [0.05, 0.1) is 5.52 Å². The molecule has 1 aromatic heterocycles. The minimum Gasteiger partial charge on any atom is -0.296 e. The first kappa shape index (κ1) is 11.8. The lowest BCUT2D eigenvalue weighted by Crippen LogP contribution is -2.41. The maximum Gasteiger partial charge on any atom is 0.230 e. The first-order chi connectivity index (χ1) is 9.22. The van der Waals surface area contributed by atoms with Crippen LogP contribution < -0.4 is 5.32 Å². The zero-order valence-electron chi connectivity index (χ0n) is 10.4. The van der Waals surface area contributed by atoms with Crippen molar-refractivity contribution in [1.29, 1.82) is 0 Å². The number of rotatable bonds is 2. The Kier molecular flexibility index (Phi) is 2.99. The molecule has 4 nitrogen and oxygen atoms in total. The molecule has 2 aromatic rings. The molecule has 0 spiro atoms. The van der Waals surface area contributed by atoms with Crippen LogP contribution in [0, 0.1) is 5.92 Å². The molecule has 2 amide bonds. The topological polar surface area (TPSA) is 59.1 Å². The van der Waals surface area contributed by atoms with Gasteiger partial charge >= 0.3 is 0 Å². The molecule has 1 atom stereocenters. The summed E-state index contributed by atoms with van der Waals surface area (Å²) in [5, 5.41) is 3.49. The molecule has 0 bridgehead atoms. The molecule has 1 unspecified atom stereocenters. The second-order valence-electron chi connectivity index (χ2n) is 4.88. The second kappa shape index (κ2) is 4.80. The number of carbonyl (C=O) groups excluding carboxylic acids is 2. The Morgan fingerprint density at radius 3 is 3.00 bits per heavy atom. The number of aromatic nitrogens is 1. The molecule has 2 heterocycles. The Labute approximate surface area is 110 Å². The van der Waals surface area contributed by atoms with Gasteiger partial charge in [0, 0.05) is 23.9 Å². The number of amides is 2. The number of nitrogens with zero attached hydrogens (tertiary/aromatic N) is 1. The van der Waals surface area contributed by atoms with E-state index in [2.05, 4.69) is 10.3 Å². The fraction of sp³-hybridized carbons (Fsp3) is 0.267. The van der Waals surface area contributed by atoms with Gasteiger partial charge in [-0.25, -0.2) is 0 Å². The summed E-state index contributed by atoms with van der Waals surface area (Å²) < 4.78 is 0. The zero-order valence-corrected chi connectivity index (χ0v) is 10.4. The third-order valence-electron chi connectivity index (χ3n) is 3.51. The van der Waals surface area contributed by atoms with Gasteiger partial charge in [0.25, 0.3) is 0 Å². The van der Waals surface area contributed by atoms with Crippen molar-refractivity contribution in [2.24, 2.45) is 5.92 Å². The van der Waals surface area contributed by atoms with Gasteiger partial charge in [0.2, 0.25) is 11.8 Å². The molecule has 1 saturated heterocycles. The maximum absolute atomic E-state index is 11.7. The summed E-state index contributed by atoms with van der Waals surface area (Å²) in [6.07, 6.45) is 3.48. The summed E-state index contributed by atoms with van der Waals surface area (Å²) in [5.41, 5.74) is 2.02. The predicted octanol–water partition coefficient (Wildman–Crippen LogP) is 1.83. The summed E-state index contributed by atoms with van der Waals surface area (Å²) >= 11 is 0. The van der Waals surface area contributed by atoms with Crippen molar-refractivity contribution in [2.75, 3.05) is 0 Å². The summed E-state index contributed by atoms with van der Waals surface area (Å²) in [6, 6.07) is 9.97. The normalized spacial score (nSPS) is 19.5. The van der Waals surface area contributed by atoms with E-state index in [1.165, 1.54) is 0 Å². The SMILES string of the molecule is O=C1CCC(Cc2ccc3cccnc3c2)C(=O)N1. The molecular formula is C15H14N2O2. The molecule has 19 heavy (non-hydrogen) atoms. The Morgan fingerprint density at radius 2 is 2.16 bits per heavy atom. The fourth-order valence-corrected chi connectivity index (χ4v) is 2.46. The Balaban J connectivity index is 1.81. The van der Waals surface area contributed by atoms with Crippen LogP contribution in [0.4, 0.5) is 0 Å². The number of imide groups is 1. The highest BCUT2D eigenvalue weighted by Gasteiger charge is 2.26. The van der Waals surface area contributed by atoms with Crippen LogP contribution in [0.2, 0.25) is 0 Å². The Hall–Kier alpha value is -2.23. The smallest absolute Gasteiger partial charge is 0.230 e. The number of benzene rings is 1. The third-order valence-corrected chi connectivity index (χ3v) is 3.51. The van der Waals surface area contributed by atoms with Crippen molar-refractivity contribution in [1.82, 2.24) is 10.3 Å². The molecule has 1 aliphatic heterocycles. The van der Waals surface area contributed by atoms with E-state index in [0.717, 1.165) is 16.5 Å². The van der Waals surface area contributed by atoms with E-state index >= 15 is 0 Å².